The molecule has 2 aromatic heterocycles. The molecule has 2 heterocycles. The molecule has 0 aliphatic rings. The van der Waals surface area contributed by atoms with Gasteiger partial charge in [-0.25, -0.2) is 14.4 Å². The second-order valence-corrected chi connectivity index (χ2v) is 6.21. The van der Waals surface area contributed by atoms with Crippen molar-refractivity contribution in [3.63, 3.8) is 0 Å². The highest BCUT2D eigenvalue weighted by Gasteiger charge is 2.31. The zero-order valence-electron chi connectivity index (χ0n) is 15.5. The van der Waals surface area contributed by atoms with Crippen LogP contribution in [-0.4, -0.2) is 26.6 Å². The molecule has 9 heteroatoms. The van der Waals surface area contributed by atoms with E-state index in [9.17, 15) is 17.6 Å². The fourth-order valence-electron chi connectivity index (χ4n) is 2.98. The van der Waals surface area contributed by atoms with Crippen LogP contribution >= 0.6 is 0 Å². The van der Waals surface area contributed by atoms with Gasteiger partial charge >= 0.3 is 6.18 Å². The minimum absolute atomic E-state index is 0.163. The molecule has 0 spiro atoms. The van der Waals surface area contributed by atoms with E-state index in [0.29, 0.717) is 35.6 Å². The molecule has 0 bridgehead atoms. The SMILES string of the molecule is CCC(c1ccc(C(F)(F)F)cc1F)n1cnc(-c2cc(OC)nc(C)n2)c1. The third-order valence-electron chi connectivity index (χ3n) is 4.32. The molecule has 0 aliphatic carbocycles. The minimum Gasteiger partial charge on any atom is -0.481 e. The second kappa shape index (κ2) is 7.57. The number of hydrogen-bond donors (Lipinski definition) is 0. The van der Waals surface area contributed by atoms with E-state index in [1.807, 2.05) is 6.92 Å². The van der Waals surface area contributed by atoms with Crippen LogP contribution in [0.2, 0.25) is 0 Å². The first-order valence-corrected chi connectivity index (χ1v) is 8.53. The molecule has 0 amide bonds. The van der Waals surface area contributed by atoms with Crippen molar-refractivity contribution in [2.24, 2.45) is 0 Å². The summed E-state index contributed by atoms with van der Waals surface area (Å²) in [6.07, 6.45) is -0.950. The van der Waals surface area contributed by atoms with Gasteiger partial charge in [-0.05, 0) is 25.5 Å². The van der Waals surface area contributed by atoms with Gasteiger partial charge in [-0.3, -0.25) is 0 Å². The van der Waals surface area contributed by atoms with E-state index in [2.05, 4.69) is 15.0 Å². The number of imidazole rings is 1. The van der Waals surface area contributed by atoms with Gasteiger partial charge in [0.25, 0.3) is 0 Å². The van der Waals surface area contributed by atoms with Crippen LogP contribution in [0, 0.1) is 12.7 Å². The number of rotatable bonds is 5. The quantitative estimate of drug-likeness (QED) is 0.583. The molecule has 0 aliphatic heterocycles. The number of benzene rings is 1. The summed E-state index contributed by atoms with van der Waals surface area (Å²) in [5.74, 6) is -0.0147. The van der Waals surface area contributed by atoms with Crippen molar-refractivity contribution in [2.75, 3.05) is 7.11 Å². The molecular weight excluding hydrogens is 376 g/mol. The number of methoxy groups -OCH3 is 1. The van der Waals surface area contributed by atoms with E-state index in [-0.39, 0.29) is 5.56 Å². The lowest BCUT2D eigenvalue weighted by Crippen LogP contribution is -2.12. The lowest BCUT2D eigenvalue weighted by atomic mass is 10.0. The summed E-state index contributed by atoms with van der Waals surface area (Å²) >= 11 is 0. The summed E-state index contributed by atoms with van der Waals surface area (Å²) < 4.78 is 59.6. The number of alkyl halides is 3. The average Bonchev–Trinajstić information content (AvgIpc) is 3.12. The predicted octanol–water partition coefficient (Wildman–Crippen LogP) is 4.81. The van der Waals surface area contributed by atoms with Crippen molar-refractivity contribution < 1.29 is 22.3 Å². The maximum atomic E-state index is 14.4. The number of aryl methyl sites for hydroxylation is 1. The van der Waals surface area contributed by atoms with Gasteiger partial charge in [-0.2, -0.15) is 18.2 Å². The zero-order chi connectivity index (χ0) is 20.5. The fourth-order valence-corrected chi connectivity index (χ4v) is 2.98. The van der Waals surface area contributed by atoms with Crippen molar-refractivity contribution in [1.82, 2.24) is 19.5 Å². The van der Waals surface area contributed by atoms with E-state index < -0.39 is 23.6 Å². The van der Waals surface area contributed by atoms with Crippen LogP contribution in [0.3, 0.4) is 0 Å². The van der Waals surface area contributed by atoms with Crippen LogP contribution in [-0.2, 0) is 6.18 Å². The molecule has 0 N–H and O–H groups in total. The predicted molar refractivity (Wildman–Crippen MR) is 94.4 cm³/mol. The van der Waals surface area contributed by atoms with Crippen molar-refractivity contribution in [3.05, 3.63) is 59.6 Å². The van der Waals surface area contributed by atoms with E-state index in [4.69, 9.17) is 4.74 Å². The van der Waals surface area contributed by atoms with Gasteiger partial charge in [0.15, 0.2) is 0 Å². The number of aromatic nitrogens is 4. The largest absolute Gasteiger partial charge is 0.481 e. The summed E-state index contributed by atoms with van der Waals surface area (Å²) in [5.41, 5.74) is 0.204. The molecule has 1 aromatic carbocycles. The molecule has 5 nitrogen and oxygen atoms in total. The summed E-state index contributed by atoms with van der Waals surface area (Å²) in [4.78, 5) is 12.7. The Morgan fingerprint density at radius 3 is 2.50 bits per heavy atom. The first-order valence-electron chi connectivity index (χ1n) is 8.53. The summed E-state index contributed by atoms with van der Waals surface area (Å²) in [5, 5.41) is 0. The number of ether oxygens (including phenoxy) is 1. The maximum Gasteiger partial charge on any atom is 0.416 e. The fraction of sp³-hybridized carbons (Fsp3) is 0.316. The smallest absolute Gasteiger partial charge is 0.416 e. The third-order valence-corrected chi connectivity index (χ3v) is 4.32. The molecule has 1 unspecified atom stereocenters. The van der Waals surface area contributed by atoms with Crippen LogP contribution in [0.1, 0.15) is 36.3 Å². The molecule has 3 rings (SSSR count). The minimum atomic E-state index is -4.59. The number of nitrogens with zero attached hydrogens (tertiary/aromatic N) is 4. The van der Waals surface area contributed by atoms with Crippen molar-refractivity contribution in [2.45, 2.75) is 32.5 Å². The van der Waals surface area contributed by atoms with E-state index in [0.717, 1.165) is 6.07 Å². The van der Waals surface area contributed by atoms with E-state index >= 15 is 0 Å². The van der Waals surface area contributed by atoms with Gasteiger partial charge in [0.1, 0.15) is 17.3 Å². The highest BCUT2D eigenvalue weighted by atomic mass is 19.4. The lowest BCUT2D eigenvalue weighted by molar-refractivity contribution is -0.137. The average molecular weight is 394 g/mol. The van der Waals surface area contributed by atoms with Crippen LogP contribution in [0.25, 0.3) is 11.4 Å². The summed E-state index contributed by atoms with van der Waals surface area (Å²) in [6, 6.07) is 3.70. The Balaban J connectivity index is 1.96. The van der Waals surface area contributed by atoms with Gasteiger partial charge < -0.3 is 9.30 Å². The topological polar surface area (TPSA) is 52.8 Å². The standard InChI is InChI=1S/C19H18F4N4O/c1-4-17(13-6-5-12(7-14(13)20)19(21,22)23)27-9-16(24-10-27)15-8-18(28-3)26-11(2)25-15/h5-10,17H,4H2,1-3H3. The third kappa shape index (κ3) is 3.97. The molecule has 148 valence electrons. The Labute approximate surface area is 159 Å². The van der Waals surface area contributed by atoms with Gasteiger partial charge in [0, 0.05) is 17.8 Å². The Kier molecular flexibility index (Phi) is 5.35. The van der Waals surface area contributed by atoms with Gasteiger partial charge in [0.05, 0.1) is 30.7 Å². The number of hydrogen-bond acceptors (Lipinski definition) is 4. The zero-order valence-corrected chi connectivity index (χ0v) is 15.5. The maximum absolute atomic E-state index is 14.4. The molecule has 0 radical (unpaired) electrons. The number of halogens is 4. The second-order valence-electron chi connectivity index (χ2n) is 6.21. The van der Waals surface area contributed by atoms with E-state index in [1.54, 1.807) is 23.8 Å². The van der Waals surface area contributed by atoms with Crippen molar-refractivity contribution in [1.29, 1.82) is 0 Å². The summed E-state index contributed by atoms with van der Waals surface area (Å²) in [6.45, 7) is 3.54. The summed E-state index contributed by atoms with van der Waals surface area (Å²) in [7, 11) is 1.49. The monoisotopic (exact) mass is 394 g/mol. The molecule has 0 saturated carbocycles. The highest BCUT2D eigenvalue weighted by molar-refractivity contribution is 5.54. The molecular formula is C19H18F4N4O. The Morgan fingerprint density at radius 1 is 1.14 bits per heavy atom. The first kappa shape index (κ1) is 19.8. The van der Waals surface area contributed by atoms with Gasteiger partial charge in [0.2, 0.25) is 5.88 Å². The van der Waals surface area contributed by atoms with Crippen LogP contribution in [0.4, 0.5) is 17.6 Å². The van der Waals surface area contributed by atoms with Crippen LogP contribution in [0.5, 0.6) is 5.88 Å². The van der Waals surface area contributed by atoms with Crippen molar-refractivity contribution in [3.8, 4) is 17.3 Å². The lowest BCUT2D eigenvalue weighted by Gasteiger charge is -2.18. The van der Waals surface area contributed by atoms with E-state index in [1.165, 1.54) is 19.5 Å². The normalized spacial score (nSPS) is 12.8. The Bertz CT molecular complexity index is 984. The van der Waals surface area contributed by atoms with Crippen LogP contribution in [0.15, 0.2) is 36.8 Å². The highest BCUT2D eigenvalue weighted by Crippen LogP contribution is 2.33. The van der Waals surface area contributed by atoms with Crippen LogP contribution < -0.4 is 4.74 Å². The molecule has 3 aromatic rings. The van der Waals surface area contributed by atoms with Gasteiger partial charge in [-0.15, -0.1) is 0 Å². The Morgan fingerprint density at radius 2 is 1.89 bits per heavy atom. The van der Waals surface area contributed by atoms with Crippen molar-refractivity contribution >= 4 is 0 Å². The molecule has 1 atom stereocenters. The first-order chi connectivity index (χ1) is 13.2. The molecule has 28 heavy (non-hydrogen) atoms. The molecule has 0 fully saturated rings. The Hall–Kier alpha value is -2.97. The molecule has 0 saturated heterocycles. The van der Waals surface area contributed by atoms with Gasteiger partial charge in [-0.1, -0.05) is 13.0 Å².